The van der Waals surface area contributed by atoms with Gasteiger partial charge in [0.05, 0.1) is 0 Å². The molecule has 0 fully saturated rings. The van der Waals surface area contributed by atoms with Gasteiger partial charge in [-0.25, -0.2) is 4.79 Å². The molecule has 2 N–H and O–H groups in total. The van der Waals surface area contributed by atoms with Crippen LogP contribution in [0.3, 0.4) is 0 Å². The first-order valence-corrected chi connectivity index (χ1v) is 9.45. The summed E-state index contributed by atoms with van der Waals surface area (Å²) in [5.74, 6) is -2.00. The summed E-state index contributed by atoms with van der Waals surface area (Å²) < 4.78 is 1.64. The fourth-order valence-corrected chi connectivity index (χ4v) is 2.93. The number of nitrogens with one attached hydrogen (secondary N) is 1. The Morgan fingerprint density at radius 1 is 1.15 bits per heavy atom. The lowest BCUT2D eigenvalue weighted by Crippen LogP contribution is -2.46. The van der Waals surface area contributed by atoms with Crippen molar-refractivity contribution >= 4 is 11.9 Å². The number of hydrogen-bond acceptors (Lipinski definition) is 3. The topological polar surface area (TPSA) is 88.4 Å². The third-order valence-electron chi connectivity index (χ3n) is 4.76. The van der Waals surface area contributed by atoms with Gasteiger partial charge in [0.2, 0.25) is 0 Å². The largest absolute Gasteiger partial charge is 0.480 e. The molecule has 146 valence electrons. The van der Waals surface area contributed by atoms with Gasteiger partial charge in [0.1, 0.15) is 11.6 Å². The van der Waals surface area contributed by atoms with Crippen LogP contribution in [0.5, 0.6) is 0 Å². The van der Waals surface area contributed by atoms with Crippen molar-refractivity contribution in [3.05, 3.63) is 33.2 Å². The van der Waals surface area contributed by atoms with E-state index in [1.807, 2.05) is 13.8 Å². The second-order valence-electron chi connectivity index (χ2n) is 7.23. The van der Waals surface area contributed by atoms with Gasteiger partial charge in [0, 0.05) is 12.2 Å². The summed E-state index contributed by atoms with van der Waals surface area (Å²) in [4.78, 5) is 36.6. The number of aliphatic carboxylic acids is 1. The molecule has 1 heterocycles. The zero-order valence-corrected chi connectivity index (χ0v) is 16.6. The Morgan fingerprint density at radius 3 is 2.31 bits per heavy atom. The van der Waals surface area contributed by atoms with Gasteiger partial charge in [0.15, 0.2) is 0 Å². The molecule has 6 heteroatoms. The maximum atomic E-state index is 12.8. The van der Waals surface area contributed by atoms with Crippen LogP contribution in [0.15, 0.2) is 10.9 Å². The molecular formula is C20H32N2O4. The van der Waals surface area contributed by atoms with Gasteiger partial charge in [-0.1, -0.05) is 46.5 Å². The van der Waals surface area contributed by atoms with Gasteiger partial charge in [-0.3, -0.25) is 9.59 Å². The number of amides is 1. The highest BCUT2D eigenvalue weighted by Crippen LogP contribution is 2.11. The van der Waals surface area contributed by atoms with Gasteiger partial charge in [-0.2, -0.15) is 0 Å². The van der Waals surface area contributed by atoms with Crippen LogP contribution in [0, 0.1) is 19.8 Å². The molecule has 0 aliphatic rings. The Hall–Kier alpha value is -2.11. The van der Waals surface area contributed by atoms with Gasteiger partial charge < -0.3 is 15.0 Å². The van der Waals surface area contributed by atoms with Crippen molar-refractivity contribution in [2.75, 3.05) is 0 Å². The molecule has 0 saturated heterocycles. The van der Waals surface area contributed by atoms with Crippen molar-refractivity contribution in [2.24, 2.45) is 5.92 Å². The Morgan fingerprint density at radius 2 is 1.77 bits per heavy atom. The number of carbonyl (C=O) groups excluding carboxylic acids is 1. The summed E-state index contributed by atoms with van der Waals surface area (Å²) in [6.45, 7) is 9.89. The van der Waals surface area contributed by atoms with E-state index < -0.39 is 17.9 Å². The van der Waals surface area contributed by atoms with Crippen LogP contribution in [0.4, 0.5) is 0 Å². The van der Waals surface area contributed by atoms with Crippen molar-refractivity contribution in [3.8, 4) is 0 Å². The summed E-state index contributed by atoms with van der Waals surface area (Å²) in [5, 5.41) is 11.7. The van der Waals surface area contributed by atoms with Crippen molar-refractivity contribution in [1.29, 1.82) is 0 Å². The number of carbonyl (C=O) groups is 2. The van der Waals surface area contributed by atoms with Gasteiger partial charge in [0.25, 0.3) is 11.5 Å². The number of carboxylic acids is 1. The molecule has 1 aromatic heterocycles. The molecular weight excluding hydrogens is 332 g/mol. The van der Waals surface area contributed by atoms with Crippen LogP contribution in [-0.2, 0) is 11.3 Å². The average Bonchev–Trinajstić information content (AvgIpc) is 2.57. The highest BCUT2D eigenvalue weighted by molar-refractivity contribution is 5.96. The number of aromatic nitrogens is 1. The minimum absolute atomic E-state index is 0.00792. The Labute approximate surface area is 155 Å². The van der Waals surface area contributed by atoms with Crippen LogP contribution in [0.1, 0.15) is 74.5 Å². The van der Waals surface area contributed by atoms with E-state index in [-0.39, 0.29) is 17.0 Å². The molecule has 0 aliphatic heterocycles. The third kappa shape index (κ3) is 5.71. The number of unbranched alkanes of at least 4 members (excludes halogenated alkanes) is 4. The van der Waals surface area contributed by atoms with E-state index in [0.717, 1.165) is 36.9 Å². The predicted octanol–water partition coefficient (Wildman–Crippen LogP) is 3.27. The first-order valence-electron chi connectivity index (χ1n) is 9.45. The first-order chi connectivity index (χ1) is 12.2. The van der Waals surface area contributed by atoms with E-state index in [4.69, 9.17) is 0 Å². The molecule has 1 atom stereocenters. The van der Waals surface area contributed by atoms with E-state index in [1.165, 1.54) is 6.42 Å². The fourth-order valence-electron chi connectivity index (χ4n) is 2.93. The molecule has 26 heavy (non-hydrogen) atoms. The molecule has 0 bridgehead atoms. The molecule has 1 amide bonds. The second-order valence-corrected chi connectivity index (χ2v) is 7.23. The summed E-state index contributed by atoms with van der Waals surface area (Å²) in [5.41, 5.74) is 1.35. The zero-order valence-electron chi connectivity index (χ0n) is 16.6. The standard InChI is InChI=1S/C20H32N2O4/c1-6-7-8-9-10-11-22-15(5)14(4)12-16(19(22)24)18(23)21-17(13(2)3)20(25)26/h12-13,17H,6-11H2,1-5H3,(H,21,23)(H,25,26)/t17-/m0/s1. The number of pyridine rings is 1. The molecule has 1 rings (SSSR count). The highest BCUT2D eigenvalue weighted by Gasteiger charge is 2.25. The number of nitrogens with zero attached hydrogens (tertiary/aromatic N) is 1. The monoisotopic (exact) mass is 364 g/mol. The van der Waals surface area contributed by atoms with Crippen LogP contribution < -0.4 is 10.9 Å². The highest BCUT2D eigenvalue weighted by atomic mass is 16.4. The average molecular weight is 364 g/mol. The number of aryl methyl sites for hydroxylation is 1. The van der Waals surface area contributed by atoms with Crippen LogP contribution in [0.25, 0.3) is 0 Å². The lowest BCUT2D eigenvalue weighted by molar-refractivity contribution is -0.140. The Balaban J connectivity index is 3.04. The Kier molecular flexibility index (Phi) is 8.55. The molecule has 0 aromatic carbocycles. The normalized spacial score (nSPS) is 12.2. The molecule has 1 aromatic rings. The molecule has 6 nitrogen and oxygen atoms in total. The number of rotatable bonds is 10. The van der Waals surface area contributed by atoms with Gasteiger partial charge in [-0.05, 0) is 37.8 Å². The van der Waals surface area contributed by atoms with E-state index in [9.17, 15) is 19.5 Å². The predicted molar refractivity (Wildman–Crippen MR) is 103 cm³/mol. The molecule has 0 saturated carbocycles. The van der Waals surface area contributed by atoms with Crippen molar-refractivity contribution in [1.82, 2.24) is 9.88 Å². The first kappa shape index (κ1) is 21.9. The molecule has 0 aliphatic carbocycles. The summed E-state index contributed by atoms with van der Waals surface area (Å²) in [7, 11) is 0. The SMILES string of the molecule is CCCCCCCn1c(C)c(C)cc(C(=O)N[C@H](C(=O)O)C(C)C)c1=O. The van der Waals surface area contributed by atoms with Crippen LogP contribution in [0.2, 0.25) is 0 Å². The molecule has 0 radical (unpaired) electrons. The zero-order chi connectivity index (χ0) is 19.9. The maximum absolute atomic E-state index is 12.8. The minimum atomic E-state index is -1.10. The fraction of sp³-hybridized carbons (Fsp3) is 0.650. The minimum Gasteiger partial charge on any atom is -0.480 e. The van der Waals surface area contributed by atoms with Crippen LogP contribution in [-0.4, -0.2) is 27.6 Å². The van der Waals surface area contributed by atoms with Gasteiger partial charge >= 0.3 is 5.97 Å². The molecule has 0 unspecified atom stereocenters. The van der Waals surface area contributed by atoms with Crippen molar-refractivity contribution < 1.29 is 14.7 Å². The summed E-state index contributed by atoms with van der Waals surface area (Å²) in [6.07, 6.45) is 5.41. The third-order valence-corrected chi connectivity index (χ3v) is 4.76. The summed E-state index contributed by atoms with van der Waals surface area (Å²) >= 11 is 0. The lowest BCUT2D eigenvalue weighted by Gasteiger charge is -2.19. The van der Waals surface area contributed by atoms with Crippen molar-refractivity contribution in [2.45, 2.75) is 79.3 Å². The van der Waals surface area contributed by atoms with E-state index >= 15 is 0 Å². The number of carboxylic acid groups (broad SMARTS) is 1. The smallest absolute Gasteiger partial charge is 0.326 e. The van der Waals surface area contributed by atoms with E-state index in [2.05, 4.69) is 12.2 Å². The van der Waals surface area contributed by atoms with Crippen molar-refractivity contribution in [3.63, 3.8) is 0 Å². The lowest BCUT2D eigenvalue weighted by atomic mass is 10.0. The van der Waals surface area contributed by atoms with Gasteiger partial charge in [-0.15, -0.1) is 0 Å². The maximum Gasteiger partial charge on any atom is 0.326 e. The van der Waals surface area contributed by atoms with E-state index in [1.54, 1.807) is 24.5 Å². The number of hydrogen-bond donors (Lipinski definition) is 2. The van der Waals surface area contributed by atoms with Crippen LogP contribution >= 0.6 is 0 Å². The van der Waals surface area contributed by atoms with E-state index in [0.29, 0.717) is 6.54 Å². The second kappa shape index (κ2) is 10.1. The quantitative estimate of drug-likeness (QED) is 0.624. The summed E-state index contributed by atoms with van der Waals surface area (Å²) in [6, 6.07) is 0.533. The Bertz CT molecular complexity index is 692. The molecule has 0 spiro atoms.